The van der Waals surface area contributed by atoms with E-state index in [1.165, 1.54) is 0 Å². The summed E-state index contributed by atoms with van der Waals surface area (Å²) in [5, 5.41) is 0. The lowest BCUT2D eigenvalue weighted by molar-refractivity contribution is 0.622. The van der Waals surface area contributed by atoms with E-state index >= 15 is 0 Å². The molecule has 12 heavy (non-hydrogen) atoms. The molecule has 0 bridgehead atoms. The molecule has 0 aromatic heterocycles. The smallest absolute Gasteiger partial charge is 0.316 e. The molecular formula is C7H10N2O2S. The van der Waals surface area contributed by atoms with Crippen LogP contribution >= 0.6 is 0 Å². The first-order chi connectivity index (χ1) is 5.18. The predicted octanol–water partition coefficient (Wildman–Crippen LogP) is 1.85. The van der Waals surface area contributed by atoms with E-state index in [-0.39, 0.29) is 6.15 Å². The van der Waals surface area contributed by atoms with Crippen molar-refractivity contribution >= 4 is 16.2 Å². The highest BCUT2D eigenvalue weighted by atomic mass is 32.2. The average Bonchev–Trinajstić information content (AvgIpc) is 1.93. The summed E-state index contributed by atoms with van der Waals surface area (Å²) in [4.78, 5) is 0. The SMILES string of the molecule is Cc1ccc(N=S(=O)=O)cc1.N. The van der Waals surface area contributed by atoms with Gasteiger partial charge in [0.1, 0.15) is 0 Å². The molecule has 3 N–H and O–H groups in total. The van der Waals surface area contributed by atoms with Gasteiger partial charge in [-0.05, 0) is 19.1 Å². The molecule has 0 aliphatic heterocycles. The van der Waals surface area contributed by atoms with Crippen LogP contribution in [0.25, 0.3) is 0 Å². The predicted molar refractivity (Wildman–Crippen MR) is 47.2 cm³/mol. The molecule has 0 fully saturated rings. The van der Waals surface area contributed by atoms with Crippen LogP contribution in [0.3, 0.4) is 0 Å². The first kappa shape index (κ1) is 10.8. The van der Waals surface area contributed by atoms with Crippen molar-refractivity contribution in [1.82, 2.24) is 6.15 Å². The van der Waals surface area contributed by atoms with Crippen LogP contribution in [0.2, 0.25) is 0 Å². The highest BCUT2D eigenvalue weighted by Gasteiger charge is 1.86. The Morgan fingerprint density at radius 3 is 2.08 bits per heavy atom. The average molecular weight is 186 g/mol. The Morgan fingerprint density at radius 1 is 1.17 bits per heavy atom. The summed E-state index contributed by atoms with van der Waals surface area (Å²) in [6.07, 6.45) is 0. The minimum absolute atomic E-state index is 0. The molecule has 0 spiro atoms. The van der Waals surface area contributed by atoms with Gasteiger partial charge in [-0.25, -0.2) is 0 Å². The van der Waals surface area contributed by atoms with Crippen molar-refractivity contribution in [2.24, 2.45) is 4.36 Å². The van der Waals surface area contributed by atoms with Crippen molar-refractivity contribution in [1.29, 1.82) is 0 Å². The van der Waals surface area contributed by atoms with Crippen molar-refractivity contribution < 1.29 is 8.42 Å². The zero-order chi connectivity index (χ0) is 8.27. The van der Waals surface area contributed by atoms with E-state index in [1.807, 2.05) is 19.1 Å². The van der Waals surface area contributed by atoms with Crippen LogP contribution in [0.15, 0.2) is 28.6 Å². The van der Waals surface area contributed by atoms with E-state index in [4.69, 9.17) is 0 Å². The number of nitrogens with zero attached hydrogens (tertiary/aromatic N) is 1. The third-order valence-electron chi connectivity index (χ3n) is 1.21. The molecule has 0 aliphatic carbocycles. The number of aryl methyl sites for hydroxylation is 1. The maximum Gasteiger partial charge on any atom is 0.316 e. The Labute approximate surface area is 72.5 Å². The fraction of sp³-hybridized carbons (Fsp3) is 0.143. The fourth-order valence-corrected chi connectivity index (χ4v) is 0.986. The van der Waals surface area contributed by atoms with Gasteiger partial charge >= 0.3 is 10.5 Å². The molecule has 1 aromatic carbocycles. The Balaban J connectivity index is 0.00000121. The number of hydrogen-bond acceptors (Lipinski definition) is 4. The van der Waals surface area contributed by atoms with Gasteiger partial charge in [0.2, 0.25) is 0 Å². The van der Waals surface area contributed by atoms with Crippen LogP contribution in [0.5, 0.6) is 0 Å². The van der Waals surface area contributed by atoms with Crippen molar-refractivity contribution in [3.63, 3.8) is 0 Å². The molecule has 0 radical (unpaired) electrons. The van der Waals surface area contributed by atoms with Crippen LogP contribution in [0.1, 0.15) is 5.56 Å². The summed E-state index contributed by atoms with van der Waals surface area (Å²) in [6, 6.07) is 6.94. The third kappa shape index (κ3) is 3.27. The van der Waals surface area contributed by atoms with E-state index in [0.29, 0.717) is 5.69 Å². The van der Waals surface area contributed by atoms with E-state index in [0.717, 1.165) is 5.56 Å². The number of rotatable bonds is 1. The third-order valence-corrected chi connectivity index (χ3v) is 1.57. The lowest BCUT2D eigenvalue weighted by Gasteiger charge is -1.89. The lowest BCUT2D eigenvalue weighted by Crippen LogP contribution is -1.68. The van der Waals surface area contributed by atoms with E-state index < -0.39 is 10.5 Å². The van der Waals surface area contributed by atoms with Gasteiger partial charge in [-0.1, -0.05) is 17.7 Å². The Kier molecular flexibility index (Phi) is 4.17. The largest absolute Gasteiger partial charge is 0.344 e. The summed E-state index contributed by atoms with van der Waals surface area (Å²) in [7, 11) is -2.35. The molecule has 0 saturated carbocycles. The molecule has 5 heteroatoms. The standard InChI is InChI=1S/C7H7NO2S.H3N/c1-6-2-4-7(5-3-6)8-11(9)10;/h2-5H,1H3;1H3. The van der Waals surface area contributed by atoms with Crippen molar-refractivity contribution in [2.75, 3.05) is 0 Å². The van der Waals surface area contributed by atoms with E-state index in [1.54, 1.807) is 12.1 Å². The topological polar surface area (TPSA) is 81.5 Å². The monoisotopic (exact) mass is 186 g/mol. The van der Waals surface area contributed by atoms with Gasteiger partial charge in [0.25, 0.3) is 0 Å². The zero-order valence-electron chi connectivity index (χ0n) is 6.69. The molecule has 66 valence electrons. The Morgan fingerprint density at radius 2 is 1.67 bits per heavy atom. The van der Waals surface area contributed by atoms with Gasteiger partial charge in [0.15, 0.2) is 0 Å². The van der Waals surface area contributed by atoms with Crippen LogP contribution < -0.4 is 6.15 Å². The molecule has 0 unspecified atom stereocenters. The summed E-state index contributed by atoms with van der Waals surface area (Å²) in [5.41, 5.74) is 1.55. The molecule has 1 rings (SSSR count). The summed E-state index contributed by atoms with van der Waals surface area (Å²) in [6.45, 7) is 1.93. The first-order valence-electron chi connectivity index (χ1n) is 3.06. The summed E-state index contributed by atoms with van der Waals surface area (Å²) < 4.78 is 23.5. The van der Waals surface area contributed by atoms with Crippen LogP contribution in [-0.2, 0) is 10.5 Å². The van der Waals surface area contributed by atoms with Crippen LogP contribution in [-0.4, -0.2) is 8.42 Å². The Bertz CT molecular complexity index is 359. The Hall–Kier alpha value is -1.20. The summed E-state index contributed by atoms with van der Waals surface area (Å²) >= 11 is 0. The van der Waals surface area contributed by atoms with Gasteiger partial charge in [-0.3, -0.25) is 0 Å². The summed E-state index contributed by atoms with van der Waals surface area (Å²) in [5.74, 6) is 0. The second kappa shape index (κ2) is 4.63. The molecular weight excluding hydrogens is 176 g/mol. The minimum Gasteiger partial charge on any atom is -0.344 e. The molecule has 0 saturated heterocycles. The van der Waals surface area contributed by atoms with E-state index in [9.17, 15) is 8.42 Å². The molecule has 1 aromatic rings. The highest BCUT2D eigenvalue weighted by Crippen LogP contribution is 2.11. The second-order valence-electron chi connectivity index (χ2n) is 2.14. The fourth-order valence-electron chi connectivity index (χ4n) is 0.692. The first-order valence-corrected chi connectivity index (χ1v) is 4.09. The normalized spacial score (nSPS) is 8.42. The molecule has 0 amide bonds. The minimum atomic E-state index is -2.35. The van der Waals surface area contributed by atoms with Crippen LogP contribution in [0, 0.1) is 6.92 Å². The highest BCUT2D eigenvalue weighted by molar-refractivity contribution is 7.61. The maximum absolute atomic E-state index is 10.1. The molecule has 0 aliphatic rings. The lowest BCUT2D eigenvalue weighted by atomic mass is 10.2. The molecule has 4 nitrogen and oxygen atoms in total. The number of benzene rings is 1. The van der Waals surface area contributed by atoms with E-state index in [2.05, 4.69) is 4.36 Å². The molecule has 0 heterocycles. The quantitative estimate of drug-likeness (QED) is 0.726. The van der Waals surface area contributed by atoms with Crippen molar-refractivity contribution in [3.05, 3.63) is 29.8 Å². The van der Waals surface area contributed by atoms with Gasteiger partial charge in [-0.2, -0.15) is 8.42 Å². The zero-order valence-corrected chi connectivity index (χ0v) is 7.50. The van der Waals surface area contributed by atoms with Crippen molar-refractivity contribution in [3.8, 4) is 0 Å². The van der Waals surface area contributed by atoms with Crippen LogP contribution in [0.4, 0.5) is 5.69 Å². The van der Waals surface area contributed by atoms with Gasteiger partial charge in [-0.15, -0.1) is 4.36 Å². The number of hydrogen-bond donors (Lipinski definition) is 1. The molecule has 0 atom stereocenters. The maximum atomic E-state index is 10.1. The van der Waals surface area contributed by atoms with Crippen molar-refractivity contribution in [2.45, 2.75) is 6.92 Å². The van der Waals surface area contributed by atoms with Gasteiger partial charge in [0, 0.05) is 0 Å². The van der Waals surface area contributed by atoms with Gasteiger partial charge in [0.05, 0.1) is 5.69 Å². The van der Waals surface area contributed by atoms with Gasteiger partial charge < -0.3 is 6.15 Å². The second-order valence-corrected chi connectivity index (χ2v) is 2.76.